The first kappa shape index (κ1) is 19.3. The molecule has 0 spiro atoms. The smallest absolute Gasteiger partial charge is 0.275 e. The summed E-state index contributed by atoms with van der Waals surface area (Å²) in [5.74, 6) is 0.881. The summed E-state index contributed by atoms with van der Waals surface area (Å²) in [4.78, 5) is 13.4. The van der Waals surface area contributed by atoms with Gasteiger partial charge in [-0.05, 0) is 43.7 Å². The quantitative estimate of drug-likeness (QED) is 0.796. The van der Waals surface area contributed by atoms with Crippen molar-refractivity contribution in [2.45, 2.75) is 26.4 Å². The lowest BCUT2D eigenvalue weighted by atomic mass is 10.1. The lowest BCUT2D eigenvalue weighted by molar-refractivity contribution is -0.885. The highest BCUT2D eigenvalue weighted by atomic mass is 35.5. The maximum Gasteiger partial charge on any atom is 0.275 e. The summed E-state index contributed by atoms with van der Waals surface area (Å²) in [5.41, 5.74) is 3.33. The maximum atomic E-state index is 12.3. The number of carbonyl (C=O) groups excluding carboxylic acids is 1. The van der Waals surface area contributed by atoms with Crippen LogP contribution in [0.25, 0.3) is 0 Å². The van der Waals surface area contributed by atoms with Crippen LogP contribution in [0.2, 0.25) is 5.02 Å². The molecule has 134 valence electrons. The molecule has 1 amide bonds. The van der Waals surface area contributed by atoms with Gasteiger partial charge in [0.2, 0.25) is 0 Å². The van der Waals surface area contributed by atoms with Crippen molar-refractivity contribution in [1.29, 1.82) is 0 Å². The predicted octanol–water partition coefficient (Wildman–Crippen LogP) is 2.55. The summed E-state index contributed by atoms with van der Waals surface area (Å²) in [6, 6.07) is 13.6. The molecule has 5 heteroatoms. The largest absolute Gasteiger partial charge is 0.496 e. The Balaban J connectivity index is 1.91. The monoisotopic (exact) mass is 361 g/mol. The van der Waals surface area contributed by atoms with Gasteiger partial charge in [0, 0.05) is 10.6 Å². The fourth-order valence-electron chi connectivity index (χ4n) is 2.83. The second kappa shape index (κ2) is 8.88. The van der Waals surface area contributed by atoms with Crippen LogP contribution in [0.4, 0.5) is 0 Å². The van der Waals surface area contributed by atoms with Gasteiger partial charge in [0.05, 0.1) is 20.2 Å². The Morgan fingerprint density at radius 1 is 1.24 bits per heavy atom. The SMILES string of the molecule is COc1ccc(C)cc1C[NH+](C)CC(=O)N[C@H](C)c1ccc(Cl)cc1. The molecule has 0 saturated heterocycles. The average Bonchev–Trinajstić information content (AvgIpc) is 2.55. The van der Waals surface area contributed by atoms with E-state index in [9.17, 15) is 4.79 Å². The van der Waals surface area contributed by atoms with Crippen LogP contribution in [-0.2, 0) is 11.3 Å². The van der Waals surface area contributed by atoms with Crippen LogP contribution in [0, 0.1) is 6.92 Å². The van der Waals surface area contributed by atoms with Crippen LogP contribution in [-0.4, -0.2) is 26.6 Å². The van der Waals surface area contributed by atoms with E-state index < -0.39 is 0 Å². The van der Waals surface area contributed by atoms with Crippen molar-refractivity contribution < 1.29 is 14.4 Å². The number of halogens is 1. The molecule has 0 aliphatic heterocycles. The van der Waals surface area contributed by atoms with Crippen molar-refractivity contribution in [2.24, 2.45) is 0 Å². The molecule has 2 rings (SSSR count). The summed E-state index contributed by atoms with van der Waals surface area (Å²) >= 11 is 5.90. The Bertz CT molecular complexity index is 716. The number of methoxy groups -OCH3 is 1. The molecule has 25 heavy (non-hydrogen) atoms. The molecule has 0 aliphatic carbocycles. The van der Waals surface area contributed by atoms with Crippen molar-refractivity contribution in [3.8, 4) is 5.75 Å². The Morgan fingerprint density at radius 3 is 2.56 bits per heavy atom. The molecule has 0 radical (unpaired) electrons. The van der Waals surface area contributed by atoms with E-state index in [1.165, 1.54) is 5.56 Å². The first-order valence-electron chi connectivity index (χ1n) is 8.38. The van der Waals surface area contributed by atoms with E-state index in [2.05, 4.69) is 18.3 Å². The molecule has 2 aromatic rings. The Hall–Kier alpha value is -2.04. The number of ether oxygens (including phenoxy) is 1. The van der Waals surface area contributed by atoms with E-state index in [1.807, 2.05) is 50.4 Å². The van der Waals surface area contributed by atoms with E-state index in [-0.39, 0.29) is 11.9 Å². The zero-order chi connectivity index (χ0) is 18.4. The number of rotatable bonds is 7. The molecule has 2 atom stereocenters. The Morgan fingerprint density at radius 2 is 1.92 bits per heavy atom. The summed E-state index contributed by atoms with van der Waals surface area (Å²) in [7, 11) is 3.68. The highest BCUT2D eigenvalue weighted by Gasteiger charge is 2.16. The summed E-state index contributed by atoms with van der Waals surface area (Å²) < 4.78 is 5.41. The standard InChI is InChI=1S/C20H25ClN2O2/c1-14-5-10-19(25-4)17(11-14)12-23(3)13-20(24)22-15(2)16-6-8-18(21)9-7-16/h5-11,15H,12-13H2,1-4H3,(H,22,24)/p+1/t15-/m1/s1. The van der Waals surface area contributed by atoms with Crippen LogP contribution in [0.1, 0.15) is 29.7 Å². The molecule has 2 aromatic carbocycles. The summed E-state index contributed by atoms with van der Waals surface area (Å²) in [5, 5.41) is 3.73. The van der Waals surface area contributed by atoms with Gasteiger partial charge in [-0.15, -0.1) is 0 Å². The molecule has 4 nitrogen and oxygen atoms in total. The number of likely N-dealkylation sites (N-methyl/N-ethyl adjacent to an activating group) is 1. The minimum absolute atomic E-state index is 0.0200. The number of nitrogens with one attached hydrogen (secondary N) is 2. The van der Waals surface area contributed by atoms with E-state index in [1.54, 1.807) is 7.11 Å². The number of benzene rings is 2. The van der Waals surface area contributed by atoms with Crippen molar-refractivity contribution in [2.75, 3.05) is 20.7 Å². The van der Waals surface area contributed by atoms with Gasteiger partial charge in [0.25, 0.3) is 5.91 Å². The molecule has 0 fully saturated rings. The van der Waals surface area contributed by atoms with Crippen molar-refractivity contribution in [3.63, 3.8) is 0 Å². The number of hydrogen-bond acceptors (Lipinski definition) is 2. The third kappa shape index (κ3) is 5.76. The van der Waals surface area contributed by atoms with Crippen molar-refractivity contribution in [1.82, 2.24) is 5.32 Å². The average molecular weight is 362 g/mol. The van der Waals surface area contributed by atoms with Crippen LogP contribution in [0.15, 0.2) is 42.5 Å². The number of aryl methyl sites for hydroxylation is 1. The van der Waals surface area contributed by atoms with Gasteiger partial charge >= 0.3 is 0 Å². The van der Waals surface area contributed by atoms with Gasteiger partial charge in [0.15, 0.2) is 6.54 Å². The van der Waals surface area contributed by atoms with Crippen LogP contribution >= 0.6 is 11.6 Å². The fourth-order valence-corrected chi connectivity index (χ4v) is 2.96. The summed E-state index contributed by atoms with van der Waals surface area (Å²) in [6.07, 6.45) is 0. The van der Waals surface area contributed by atoms with Gasteiger partial charge in [0.1, 0.15) is 12.3 Å². The summed E-state index contributed by atoms with van der Waals surface area (Å²) in [6.45, 7) is 5.15. The minimum atomic E-state index is -0.0499. The van der Waals surface area contributed by atoms with Crippen molar-refractivity contribution >= 4 is 17.5 Å². The Labute approximate surface area is 154 Å². The van der Waals surface area contributed by atoms with E-state index in [4.69, 9.17) is 16.3 Å². The van der Waals surface area contributed by atoms with Gasteiger partial charge in [-0.25, -0.2) is 0 Å². The first-order chi connectivity index (χ1) is 11.9. The van der Waals surface area contributed by atoms with E-state index in [0.29, 0.717) is 11.6 Å². The molecule has 0 bridgehead atoms. The van der Waals surface area contributed by atoms with Crippen LogP contribution < -0.4 is 15.0 Å². The lowest BCUT2D eigenvalue weighted by Crippen LogP contribution is -3.08. The molecule has 1 unspecified atom stereocenters. The topological polar surface area (TPSA) is 42.8 Å². The van der Waals surface area contributed by atoms with E-state index >= 15 is 0 Å². The van der Waals surface area contributed by atoms with Gasteiger partial charge in [-0.1, -0.05) is 35.4 Å². The highest BCUT2D eigenvalue weighted by molar-refractivity contribution is 6.30. The Kier molecular flexibility index (Phi) is 6.85. The van der Waals surface area contributed by atoms with Crippen LogP contribution in [0.3, 0.4) is 0 Å². The zero-order valence-electron chi connectivity index (χ0n) is 15.2. The molecule has 0 aliphatic rings. The fraction of sp³-hybridized carbons (Fsp3) is 0.350. The van der Waals surface area contributed by atoms with Crippen molar-refractivity contribution in [3.05, 3.63) is 64.2 Å². The lowest BCUT2D eigenvalue weighted by Gasteiger charge is -2.18. The van der Waals surface area contributed by atoms with Gasteiger partial charge in [-0.3, -0.25) is 4.79 Å². The minimum Gasteiger partial charge on any atom is -0.496 e. The van der Waals surface area contributed by atoms with Crippen LogP contribution in [0.5, 0.6) is 5.75 Å². The predicted molar refractivity (Wildman–Crippen MR) is 101 cm³/mol. The highest BCUT2D eigenvalue weighted by Crippen LogP contribution is 2.18. The number of amides is 1. The zero-order valence-corrected chi connectivity index (χ0v) is 16.0. The second-order valence-electron chi connectivity index (χ2n) is 6.47. The third-order valence-electron chi connectivity index (χ3n) is 4.14. The maximum absolute atomic E-state index is 12.3. The molecular weight excluding hydrogens is 336 g/mol. The molecule has 0 heterocycles. The first-order valence-corrected chi connectivity index (χ1v) is 8.76. The molecule has 2 N–H and O–H groups in total. The normalized spacial score (nSPS) is 13.2. The van der Waals surface area contributed by atoms with Gasteiger partial charge in [-0.2, -0.15) is 0 Å². The molecular formula is C20H26ClN2O2+. The number of quaternary nitrogens is 1. The third-order valence-corrected chi connectivity index (χ3v) is 4.39. The van der Waals surface area contributed by atoms with E-state index in [0.717, 1.165) is 28.3 Å². The molecule has 0 saturated carbocycles. The van der Waals surface area contributed by atoms with Gasteiger partial charge < -0.3 is 15.0 Å². The number of hydrogen-bond donors (Lipinski definition) is 2. The number of carbonyl (C=O) groups is 1. The molecule has 0 aromatic heterocycles. The second-order valence-corrected chi connectivity index (χ2v) is 6.90.